The molecule has 142 valence electrons. The predicted molar refractivity (Wildman–Crippen MR) is 114 cm³/mol. The summed E-state index contributed by atoms with van der Waals surface area (Å²) in [5.41, 5.74) is 5.90. The van der Waals surface area contributed by atoms with Crippen molar-refractivity contribution in [3.8, 4) is 11.4 Å². The number of anilines is 1. The number of para-hydroxylation sites is 2. The summed E-state index contributed by atoms with van der Waals surface area (Å²) in [4.78, 5) is 4.83. The summed E-state index contributed by atoms with van der Waals surface area (Å²) in [5, 5.41) is 0. The largest absolute Gasteiger partial charge is 0.319 e. The van der Waals surface area contributed by atoms with Crippen LogP contribution in [0.1, 0.15) is 11.1 Å². The van der Waals surface area contributed by atoms with Gasteiger partial charge >= 0.3 is 0 Å². The third-order valence-electron chi connectivity index (χ3n) is 4.56. The Kier molecular flexibility index (Phi) is 4.65. The fourth-order valence-corrected chi connectivity index (χ4v) is 3.80. The van der Waals surface area contributed by atoms with Crippen molar-refractivity contribution in [3.05, 3.63) is 83.9 Å². The molecule has 0 saturated carbocycles. The van der Waals surface area contributed by atoms with Gasteiger partial charge in [-0.3, -0.25) is 4.72 Å². The SMILES string of the molecule is Cc1ccc(Cn2c(-c3ccc(NS(C)(=O)=O)cc3)nc3ccccc32)cc1. The molecule has 6 heteroatoms. The van der Waals surface area contributed by atoms with Crippen molar-refractivity contribution in [3.63, 3.8) is 0 Å². The number of hydrogen-bond donors (Lipinski definition) is 1. The number of imidazole rings is 1. The van der Waals surface area contributed by atoms with Gasteiger partial charge in [-0.2, -0.15) is 0 Å². The van der Waals surface area contributed by atoms with Crippen molar-refractivity contribution < 1.29 is 8.42 Å². The number of sulfonamides is 1. The molecule has 4 rings (SSSR count). The number of benzene rings is 3. The lowest BCUT2D eigenvalue weighted by atomic mass is 10.1. The third-order valence-corrected chi connectivity index (χ3v) is 5.17. The molecule has 0 bridgehead atoms. The summed E-state index contributed by atoms with van der Waals surface area (Å²) in [6, 6.07) is 23.8. The molecule has 0 spiro atoms. The van der Waals surface area contributed by atoms with Gasteiger partial charge in [0.25, 0.3) is 0 Å². The van der Waals surface area contributed by atoms with E-state index in [1.165, 1.54) is 11.1 Å². The van der Waals surface area contributed by atoms with Crippen molar-refractivity contribution in [1.29, 1.82) is 0 Å². The van der Waals surface area contributed by atoms with Gasteiger partial charge in [0.1, 0.15) is 5.82 Å². The monoisotopic (exact) mass is 391 g/mol. The minimum atomic E-state index is -3.30. The van der Waals surface area contributed by atoms with Crippen molar-refractivity contribution in [2.24, 2.45) is 0 Å². The van der Waals surface area contributed by atoms with E-state index in [0.717, 1.165) is 28.7 Å². The summed E-state index contributed by atoms with van der Waals surface area (Å²) in [5.74, 6) is 0.854. The van der Waals surface area contributed by atoms with Crippen LogP contribution in [0.3, 0.4) is 0 Å². The van der Waals surface area contributed by atoms with Gasteiger partial charge in [-0.05, 0) is 48.9 Å². The molecule has 0 fully saturated rings. The van der Waals surface area contributed by atoms with Crippen LogP contribution in [0.4, 0.5) is 5.69 Å². The fraction of sp³-hybridized carbons (Fsp3) is 0.136. The minimum absolute atomic E-state index is 0.535. The second-order valence-corrected chi connectivity index (χ2v) is 8.70. The van der Waals surface area contributed by atoms with Crippen LogP contribution in [-0.4, -0.2) is 24.2 Å². The number of hydrogen-bond acceptors (Lipinski definition) is 3. The number of nitrogens with zero attached hydrogens (tertiary/aromatic N) is 2. The van der Waals surface area contributed by atoms with Gasteiger partial charge in [-0.15, -0.1) is 0 Å². The van der Waals surface area contributed by atoms with Gasteiger partial charge in [0.2, 0.25) is 10.0 Å². The Morgan fingerprint density at radius 3 is 2.29 bits per heavy atom. The van der Waals surface area contributed by atoms with Crippen LogP contribution >= 0.6 is 0 Å². The zero-order chi connectivity index (χ0) is 19.7. The van der Waals surface area contributed by atoms with E-state index in [0.29, 0.717) is 12.2 Å². The van der Waals surface area contributed by atoms with Gasteiger partial charge in [-0.25, -0.2) is 13.4 Å². The Hall–Kier alpha value is -3.12. The smallest absolute Gasteiger partial charge is 0.229 e. The minimum Gasteiger partial charge on any atom is -0.319 e. The molecule has 0 amide bonds. The summed E-state index contributed by atoms with van der Waals surface area (Å²) >= 11 is 0. The van der Waals surface area contributed by atoms with Crippen LogP contribution in [0.25, 0.3) is 22.4 Å². The first-order valence-electron chi connectivity index (χ1n) is 8.98. The fourth-order valence-electron chi connectivity index (χ4n) is 3.23. The second-order valence-electron chi connectivity index (χ2n) is 6.95. The second kappa shape index (κ2) is 7.13. The quantitative estimate of drug-likeness (QED) is 0.547. The zero-order valence-electron chi connectivity index (χ0n) is 15.8. The van der Waals surface area contributed by atoms with E-state index in [9.17, 15) is 8.42 Å². The van der Waals surface area contributed by atoms with E-state index in [4.69, 9.17) is 4.98 Å². The van der Waals surface area contributed by atoms with Gasteiger partial charge in [0.15, 0.2) is 0 Å². The highest BCUT2D eigenvalue weighted by Crippen LogP contribution is 2.27. The van der Waals surface area contributed by atoms with E-state index in [2.05, 4.69) is 46.5 Å². The Balaban J connectivity index is 1.77. The Morgan fingerprint density at radius 2 is 1.61 bits per heavy atom. The molecule has 0 aliphatic heterocycles. The summed E-state index contributed by atoms with van der Waals surface area (Å²) < 4.78 is 27.5. The van der Waals surface area contributed by atoms with E-state index >= 15 is 0 Å². The Morgan fingerprint density at radius 1 is 0.929 bits per heavy atom. The maximum Gasteiger partial charge on any atom is 0.229 e. The van der Waals surface area contributed by atoms with Gasteiger partial charge in [0, 0.05) is 17.8 Å². The lowest BCUT2D eigenvalue weighted by molar-refractivity contribution is 0.607. The van der Waals surface area contributed by atoms with E-state index in [1.807, 2.05) is 30.3 Å². The molecule has 4 aromatic rings. The maximum atomic E-state index is 11.4. The van der Waals surface area contributed by atoms with Gasteiger partial charge < -0.3 is 4.57 Å². The molecule has 1 heterocycles. The van der Waals surface area contributed by atoms with Crippen LogP contribution < -0.4 is 4.72 Å². The molecule has 1 N–H and O–H groups in total. The van der Waals surface area contributed by atoms with Crippen molar-refractivity contribution in [1.82, 2.24) is 9.55 Å². The van der Waals surface area contributed by atoms with E-state index in [-0.39, 0.29) is 0 Å². The third kappa shape index (κ3) is 3.92. The number of rotatable bonds is 5. The van der Waals surface area contributed by atoms with Crippen molar-refractivity contribution in [2.75, 3.05) is 11.0 Å². The first-order chi connectivity index (χ1) is 13.4. The lowest BCUT2D eigenvalue weighted by Crippen LogP contribution is -2.09. The van der Waals surface area contributed by atoms with Gasteiger partial charge in [-0.1, -0.05) is 42.0 Å². The first-order valence-corrected chi connectivity index (χ1v) is 10.9. The maximum absolute atomic E-state index is 11.4. The standard InChI is InChI=1S/C22H21N3O2S/c1-16-7-9-17(10-8-16)15-25-21-6-4-3-5-20(21)23-22(25)18-11-13-19(14-12-18)24-28(2,26)27/h3-14,24H,15H2,1-2H3. The van der Waals surface area contributed by atoms with Crippen molar-refractivity contribution >= 4 is 26.7 Å². The molecule has 0 aliphatic rings. The number of aromatic nitrogens is 2. The highest BCUT2D eigenvalue weighted by Gasteiger charge is 2.13. The summed E-state index contributed by atoms with van der Waals surface area (Å²) in [6.07, 6.45) is 1.14. The van der Waals surface area contributed by atoms with Crippen LogP contribution in [0, 0.1) is 6.92 Å². The average molecular weight is 391 g/mol. The highest BCUT2D eigenvalue weighted by atomic mass is 32.2. The van der Waals surface area contributed by atoms with Gasteiger partial charge in [0.05, 0.1) is 17.3 Å². The molecule has 1 aromatic heterocycles. The lowest BCUT2D eigenvalue weighted by Gasteiger charge is -2.11. The van der Waals surface area contributed by atoms with Crippen LogP contribution in [0.2, 0.25) is 0 Å². The molecule has 0 atom stereocenters. The molecule has 0 unspecified atom stereocenters. The molecule has 0 aliphatic carbocycles. The van der Waals surface area contributed by atoms with E-state index in [1.54, 1.807) is 12.1 Å². The molecule has 0 saturated heterocycles. The number of nitrogens with one attached hydrogen (secondary N) is 1. The predicted octanol–water partition coefficient (Wildman–Crippen LogP) is 4.43. The summed E-state index contributed by atoms with van der Waals surface area (Å²) in [7, 11) is -3.30. The number of fused-ring (bicyclic) bond motifs is 1. The molecule has 5 nitrogen and oxygen atoms in total. The Bertz CT molecular complexity index is 1230. The Labute approximate surface area is 164 Å². The topological polar surface area (TPSA) is 64.0 Å². The molecule has 0 radical (unpaired) electrons. The van der Waals surface area contributed by atoms with Crippen LogP contribution in [0.15, 0.2) is 72.8 Å². The van der Waals surface area contributed by atoms with E-state index < -0.39 is 10.0 Å². The first kappa shape index (κ1) is 18.3. The normalized spacial score (nSPS) is 11.6. The zero-order valence-corrected chi connectivity index (χ0v) is 16.6. The van der Waals surface area contributed by atoms with Crippen molar-refractivity contribution in [2.45, 2.75) is 13.5 Å². The van der Waals surface area contributed by atoms with Crippen LogP contribution in [-0.2, 0) is 16.6 Å². The van der Waals surface area contributed by atoms with Crippen LogP contribution in [0.5, 0.6) is 0 Å². The summed E-state index contributed by atoms with van der Waals surface area (Å²) in [6.45, 7) is 2.79. The molecular weight excluding hydrogens is 370 g/mol. The average Bonchev–Trinajstić information content (AvgIpc) is 3.01. The molecule has 28 heavy (non-hydrogen) atoms. The highest BCUT2D eigenvalue weighted by molar-refractivity contribution is 7.92. The number of aryl methyl sites for hydroxylation is 1. The molecule has 3 aromatic carbocycles. The molecular formula is C22H21N3O2S.